The second-order valence-electron chi connectivity index (χ2n) is 4.88. The number of aromatic hydroxyl groups is 1. The van der Waals surface area contributed by atoms with Gasteiger partial charge in [0.2, 0.25) is 5.91 Å². The number of hydrogen-bond acceptors (Lipinski definition) is 4. The number of hydrogen-bond donors (Lipinski definition) is 2. The number of phenolic OH excluding ortho intramolecular Hbond substituents is 1. The van der Waals surface area contributed by atoms with Crippen molar-refractivity contribution in [3.8, 4) is 11.8 Å². The molecule has 0 aromatic heterocycles. The van der Waals surface area contributed by atoms with Crippen LogP contribution in [0.2, 0.25) is 0 Å². The SMILES string of the molecule is CCN(CC(C)C#N)C(=O)[C@H](N)Cc1ccc(O)cc1. The number of carbonyl (C=O) groups is 1. The highest BCUT2D eigenvalue weighted by Crippen LogP contribution is 2.12. The molecule has 0 spiro atoms. The first kappa shape index (κ1) is 16.0. The van der Waals surface area contributed by atoms with Gasteiger partial charge < -0.3 is 15.7 Å². The Kier molecular flexibility index (Phi) is 6.01. The summed E-state index contributed by atoms with van der Waals surface area (Å²) in [6.07, 6.45) is 0.413. The second kappa shape index (κ2) is 7.51. The molecule has 0 fully saturated rings. The molecule has 20 heavy (non-hydrogen) atoms. The summed E-state index contributed by atoms with van der Waals surface area (Å²) in [6, 6.07) is 8.12. The van der Waals surface area contributed by atoms with E-state index in [1.54, 1.807) is 36.1 Å². The van der Waals surface area contributed by atoms with Crippen molar-refractivity contribution in [2.75, 3.05) is 13.1 Å². The Morgan fingerprint density at radius 2 is 2.05 bits per heavy atom. The lowest BCUT2D eigenvalue weighted by atomic mass is 10.0. The average Bonchev–Trinajstić information content (AvgIpc) is 2.46. The van der Waals surface area contributed by atoms with Crippen molar-refractivity contribution in [1.29, 1.82) is 5.26 Å². The van der Waals surface area contributed by atoms with Crippen LogP contribution in [0.4, 0.5) is 0 Å². The number of nitriles is 1. The van der Waals surface area contributed by atoms with Crippen LogP contribution in [0.15, 0.2) is 24.3 Å². The van der Waals surface area contributed by atoms with Crippen LogP contribution >= 0.6 is 0 Å². The molecule has 1 aromatic rings. The van der Waals surface area contributed by atoms with Gasteiger partial charge in [0.1, 0.15) is 5.75 Å². The number of nitrogens with zero attached hydrogens (tertiary/aromatic N) is 2. The largest absolute Gasteiger partial charge is 0.508 e. The zero-order chi connectivity index (χ0) is 15.1. The van der Waals surface area contributed by atoms with Crippen molar-refractivity contribution in [1.82, 2.24) is 4.90 Å². The van der Waals surface area contributed by atoms with Crippen LogP contribution in [0.3, 0.4) is 0 Å². The predicted octanol–water partition coefficient (Wildman–Crippen LogP) is 1.27. The molecule has 0 aliphatic carbocycles. The molecule has 2 atom stereocenters. The van der Waals surface area contributed by atoms with Crippen LogP contribution < -0.4 is 5.73 Å². The molecule has 0 aliphatic rings. The predicted molar refractivity (Wildman–Crippen MR) is 76.8 cm³/mol. The molecule has 108 valence electrons. The number of benzene rings is 1. The van der Waals surface area contributed by atoms with E-state index in [4.69, 9.17) is 11.0 Å². The summed E-state index contributed by atoms with van der Waals surface area (Å²) >= 11 is 0. The van der Waals surface area contributed by atoms with Gasteiger partial charge in [-0.05, 0) is 38.0 Å². The maximum Gasteiger partial charge on any atom is 0.239 e. The molecule has 1 unspecified atom stereocenters. The number of carbonyl (C=O) groups excluding carboxylic acids is 1. The van der Waals surface area contributed by atoms with E-state index in [-0.39, 0.29) is 17.6 Å². The van der Waals surface area contributed by atoms with Crippen molar-refractivity contribution in [2.45, 2.75) is 26.3 Å². The lowest BCUT2D eigenvalue weighted by Crippen LogP contribution is -2.46. The van der Waals surface area contributed by atoms with E-state index >= 15 is 0 Å². The molecule has 1 amide bonds. The first-order chi connectivity index (χ1) is 9.47. The number of likely N-dealkylation sites (N-methyl/N-ethyl adjacent to an activating group) is 1. The maximum absolute atomic E-state index is 12.2. The highest BCUT2D eigenvalue weighted by atomic mass is 16.3. The maximum atomic E-state index is 12.2. The smallest absolute Gasteiger partial charge is 0.239 e. The van der Waals surface area contributed by atoms with Crippen LogP contribution in [-0.2, 0) is 11.2 Å². The van der Waals surface area contributed by atoms with E-state index in [9.17, 15) is 9.90 Å². The van der Waals surface area contributed by atoms with Gasteiger partial charge in [-0.15, -0.1) is 0 Å². The lowest BCUT2D eigenvalue weighted by molar-refractivity contribution is -0.132. The molecule has 0 bridgehead atoms. The quantitative estimate of drug-likeness (QED) is 0.818. The second-order valence-corrected chi connectivity index (χ2v) is 4.88. The summed E-state index contributed by atoms with van der Waals surface area (Å²) in [6.45, 7) is 4.58. The fraction of sp³-hybridized carbons (Fsp3) is 0.467. The Morgan fingerprint density at radius 1 is 1.45 bits per heavy atom. The van der Waals surface area contributed by atoms with Gasteiger partial charge in [0.05, 0.1) is 18.0 Å². The number of phenols is 1. The van der Waals surface area contributed by atoms with Crippen molar-refractivity contribution >= 4 is 5.91 Å². The van der Waals surface area contributed by atoms with E-state index in [2.05, 4.69) is 6.07 Å². The standard InChI is InChI=1S/C15H21N3O2/c1-3-18(10-11(2)9-16)15(20)14(17)8-12-4-6-13(19)7-5-12/h4-7,11,14,19H,3,8,10,17H2,1-2H3/t11?,14-/m1/s1. The summed E-state index contributed by atoms with van der Waals surface area (Å²) < 4.78 is 0. The Morgan fingerprint density at radius 3 is 2.55 bits per heavy atom. The topological polar surface area (TPSA) is 90.4 Å². The third-order valence-electron chi connectivity index (χ3n) is 3.12. The van der Waals surface area contributed by atoms with Gasteiger partial charge in [0.25, 0.3) is 0 Å². The van der Waals surface area contributed by atoms with Crippen LogP contribution in [0.5, 0.6) is 5.75 Å². The number of nitrogens with two attached hydrogens (primary N) is 1. The van der Waals surface area contributed by atoms with Crippen molar-refractivity contribution in [3.63, 3.8) is 0 Å². The minimum atomic E-state index is -0.634. The van der Waals surface area contributed by atoms with E-state index in [1.165, 1.54) is 0 Å². The first-order valence-corrected chi connectivity index (χ1v) is 6.69. The fourth-order valence-corrected chi connectivity index (χ4v) is 1.95. The molecular formula is C15H21N3O2. The minimum Gasteiger partial charge on any atom is -0.508 e. The fourth-order valence-electron chi connectivity index (χ4n) is 1.95. The highest BCUT2D eigenvalue weighted by Gasteiger charge is 2.21. The van der Waals surface area contributed by atoms with Crippen molar-refractivity contribution in [2.24, 2.45) is 11.7 Å². The zero-order valence-corrected chi connectivity index (χ0v) is 11.9. The molecule has 0 radical (unpaired) electrons. The third kappa shape index (κ3) is 4.56. The molecule has 0 saturated heterocycles. The number of rotatable bonds is 6. The van der Waals surface area contributed by atoms with E-state index in [1.807, 2.05) is 6.92 Å². The summed E-state index contributed by atoms with van der Waals surface area (Å²) in [5.41, 5.74) is 6.84. The Labute approximate surface area is 119 Å². The monoisotopic (exact) mass is 275 g/mol. The van der Waals surface area contributed by atoms with Gasteiger partial charge in [-0.1, -0.05) is 12.1 Å². The molecule has 5 heteroatoms. The summed E-state index contributed by atoms with van der Waals surface area (Å²) in [5, 5.41) is 18.0. The van der Waals surface area contributed by atoms with Crippen LogP contribution in [0.25, 0.3) is 0 Å². The molecular weight excluding hydrogens is 254 g/mol. The summed E-state index contributed by atoms with van der Waals surface area (Å²) in [5.74, 6) is -0.172. The normalized spacial score (nSPS) is 13.3. The average molecular weight is 275 g/mol. The van der Waals surface area contributed by atoms with Gasteiger partial charge >= 0.3 is 0 Å². The summed E-state index contributed by atoms with van der Waals surface area (Å²) in [7, 11) is 0. The molecule has 5 nitrogen and oxygen atoms in total. The van der Waals surface area contributed by atoms with Crippen molar-refractivity contribution < 1.29 is 9.90 Å². The minimum absolute atomic E-state index is 0.150. The Balaban J connectivity index is 2.65. The van der Waals surface area contributed by atoms with Crippen LogP contribution in [0.1, 0.15) is 19.4 Å². The van der Waals surface area contributed by atoms with Gasteiger partial charge in [-0.3, -0.25) is 4.79 Å². The van der Waals surface area contributed by atoms with Gasteiger partial charge in [-0.2, -0.15) is 5.26 Å². The number of amides is 1. The first-order valence-electron chi connectivity index (χ1n) is 6.69. The van der Waals surface area contributed by atoms with E-state index in [0.717, 1.165) is 5.56 Å². The molecule has 3 N–H and O–H groups in total. The lowest BCUT2D eigenvalue weighted by Gasteiger charge is -2.25. The van der Waals surface area contributed by atoms with Gasteiger partial charge in [0.15, 0.2) is 0 Å². The van der Waals surface area contributed by atoms with E-state index < -0.39 is 6.04 Å². The Hall–Kier alpha value is -2.06. The third-order valence-corrected chi connectivity index (χ3v) is 3.12. The zero-order valence-electron chi connectivity index (χ0n) is 11.9. The van der Waals surface area contributed by atoms with Gasteiger partial charge in [0, 0.05) is 13.1 Å². The van der Waals surface area contributed by atoms with E-state index in [0.29, 0.717) is 19.5 Å². The van der Waals surface area contributed by atoms with Gasteiger partial charge in [-0.25, -0.2) is 0 Å². The molecule has 0 aliphatic heterocycles. The molecule has 1 aromatic carbocycles. The van der Waals surface area contributed by atoms with Crippen LogP contribution in [-0.4, -0.2) is 35.0 Å². The summed E-state index contributed by atoms with van der Waals surface area (Å²) in [4.78, 5) is 13.8. The highest BCUT2D eigenvalue weighted by molar-refractivity contribution is 5.82. The molecule has 1 rings (SSSR count). The van der Waals surface area contributed by atoms with Crippen LogP contribution in [0, 0.1) is 17.2 Å². The molecule has 0 heterocycles. The van der Waals surface area contributed by atoms with Crippen molar-refractivity contribution in [3.05, 3.63) is 29.8 Å². The Bertz CT molecular complexity index is 479. The molecule has 0 saturated carbocycles.